The molecule has 0 N–H and O–H groups in total. The van der Waals surface area contributed by atoms with Crippen molar-refractivity contribution in [2.24, 2.45) is 0 Å². The Bertz CT molecular complexity index is 524. The smallest absolute Gasteiger partial charge is 0.358 e. The van der Waals surface area contributed by atoms with Crippen LogP contribution in [0.3, 0.4) is 0 Å². The molecule has 0 unspecified atom stereocenters. The molecule has 8 nitrogen and oxygen atoms in total. The largest absolute Gasteiger partial charge is 0.410 e. The SMILES string of the molecule is CN(C)CCn1cc(S(=O)(=O)Cl)c([N+](=O)[O-])n1. The molecule has 0 radical (unpaired) electrons. The fourth-order valence-electron chi connectivity index (χ4n) is 1.11. The molecule has 96 valence electrons. The van der Waals surface area contributed by atoms with Crippen LogP contribution in [0, 0.1) is 10.1 Å². The monoisotopic (exact) mass is 282 g/mol. The van der Waals surface area contributed by atoms with Crippen molar-refractivity contribution in [1.82, 2.24) is 14.7 Å². The minimum atomic E-state index is -4.16. The van der Waals surface area contributed by atoms with Crippen molar-refractivity contribution in [2.45, 2.75) is 11.4 Å². The first-order chi connectivity index (χ1) is 7.71. The van der Waals surface area contributed by atoms with Gasteiger partial charge in [0.05, 0.1) is 17.8 Å². The molecule has 0 bridgehead atoms. The van der Waals surface area contributed by atoms with Gasteiger partial charge < -0.3 is 15.0 Å². The molecule has 0 saturated heterocycles. The van der Waals surface area contributed by atoms with Gasteiger partial charge >= 0.3 is 5.82 Å². The lowest BCUT2D eigenvalue weighted by molar-refractivity contribution is -0.392. The Morgan fingerprint density at radius 3 is 2.53 bits per heavy atom. The second-order valence-corrected chi connectivity index (χ2v) is 6.11. The van der Waals surface area contributed by atoms with Gasteiger partial charge in [-0.25, -0.2) is 8.42 Å². The molecular formula is C7H11ClN4O4S. The highest BCUT2D eigenvalue weighted by Crippen LogP contribution is 2.24. The van der Waals surface area contributed by atoms with Crippen molar-refractivity contribution in [3.05, 3.63) is 16.3 Å². The van der Waals surface area contributed by atoms with E-state index in [1.807, 2.05) is 19.0 Å². The van der Waals surface area contributed by atoms with Crippen LogP contribution in [0.25, 0.3) is 0 Å². The van der Waals surface area contributed by atoms with Gasteiger partial charge in [0.2, 0.25) is 4.90 Å². The maximum atomic E-state index is 11.1. The molecule has 0 fully saturated rings. The molecule has 0 aromatic carbocycles. The first-order valence-electron chi connectivity index (χ1n) is 4.53. The summed E-state index contributed by atoms with van der Waals surface area (Å²) in [4.78, 5) is 11.0. The molecule has 0 amide bonds. The van der Waals surface area contributed by atoms with Crippen LogP contribution >= 0.6 is 10.7 Å². The average Bonchev–Trinajstić information content (AvgIpc) is 2.57. The normalized spacial score (nSPS) is 12.0. The van der Waals surface area contributed by atoms with Gasteiger partial charge in [0.25, 0.3) is 9.05 Å². The maximum absolute atomic E-state index is 11.1. The second kappa shape index (κ2) is 4.98. The van der Waals surface area contributed by atoms with Crippen molar-refractivity contribution >= 4 is 25.6 Å². The highest BCUT2D eigenvalue weighted by Gasteiger charge is 2.29. The summed E-state index contributed by atoms with van der Waals surface area (Å²) >= 11 is 0. The van der Waals surface area contributed by atoms with Crippen LogP contribution < -0.4 is 0 Å². The molecule has 0 atom stereocenters. The fraction of sp³-hybridized carbons (Fsp3) is 0.571. The number of hydrogen-bond donors (Lipinski definition) is 0. The molecule has 0 aliphatic heterocycles. The highest BCUT2D eigenvalue weighted by atomic mass is 35.7. The third-order valence-electron chi connectivity index (χ3n) is 1.92. The van der Waals surface area contributed by atoms with Gasteiger partial charge in [-0.1, -0.05) is 0 Å². The zero-order valence-corrected chi connectivity index (χ0v) is 10.8. The number of likely N-dealkylation sites (N-methyl/N-ethyl adjacent to an activating group) is 1. The summed E-state index contributed by atoms with van der Waals surface area (Å²) in [6.45, 7) is 0.904. The Labute approximate surface area is 102 Å². The topological polar surface area (TPSA) is 98.3 Å². The van der Waals surface area contributed by atoms with E-state index in [2.05, 4.69) is 5.10 Å². The summed E-state index contributed by atoms with van der Waals surface area (Å²) in [6, 6.07) is 0. The molecule has 1 aromatic rings. The van der Waals surface area contributed by atoms with Gasteiger partial charge in [0, 0.05) is 17.2 Å². The lowest BCUT2D eigenvalue weighted by Crippen LogP contribution is -2.18. The summed E-state index contributed by atoms with van der Waals surface area (Å²) in [7, 11) is 4.56. The van der Waals surface area contributed by atoms with Crippen LogP contribution in [0.1, 0.15) is 0 Å². The Kier molecular flexibility index (Phi) is 4.07. The molecule has 0 spiro atoms. The van der Waals surface area contributed by atoms with E-state index in [9.17, 15) is 18.5 Å². The molecule has 1 heterocycles. The van der Waals surface area contributed by atoms with Gasteiger partial charge in [-0.2, -0.15) is 4.68 Å². The average molecular weight is 283 g/mol. The van der Waals surface area contributed by atoms with E-state index in [0.29, 0.717) is 13.1 Å². The molecule has 17 heavy (non-hydrogen) atoms. The number of hydrogen-bond acceptors (Lipinski definition) is 6. The number of nitrogens with zero attached hydrogens (tertiary/aromatic N) is 4. The van der Waals surface area contributed by atoms with Crippen LogP contribution in [0.15, 0.2) is 11.1 Å². The third kappa shape index (κ3) is 3.65. The summed E-state index contributed by atoms with van der Waals surface area (Å²) in [6.07, 6.45) is 1.06. The lowest BCUT2D eigenvalue weighted by atomic mass is 10.6. The first kappa shape index (κ1) is 13.9. The summed E-state index contributed by atoms with van der Waals surface area (Å²) in [5.74, 6) is -0.751. The van der Waals surface area contributed by atoms with Gasteiger partial charge in [-0.15, -0.1) is 0 Å². The quantitative estimate of drug-likeness (QED) is 0.437. The fourth-order valence-corrected chi connectivity index (χ4v) is 2.02. The van der Waals surface area contributed by atoms with Crippen molar-refractivity contribution in [3.63, 3.8) is 0 Å². The minimum Gasteiger partial charge on any atom is -0.358 e. The second-order valence-electron chi connectivity index (χ2n) is 3.58. The van der Waals surface area contributed by atoms with Crippen LogP contribution in [0.5, 0.6) is 0 Å². The molecule has 1 rings (SSSR count). The van der Waals surface area contributed by atoms with E-state index >= 15 is 0 Å². The predicted octanol–water partition coefficient (Wildman–Crippen LogP) is 0.280. The van der Waals surface area contributed by atoms with E-state index in [0.717, 1.165) is 6.20 Å². The summed E-state index contributed by atoms with van der Waals surface area (Å²) in [5, 5.41) is 14.2. The molecule has 0 saturated carbocycles. The molecule has 0 aliphatic carbocycles. The predicted molar refractivity (Wildman–Crippen MR) is 60.5 cm³/mol. The summed E-state index contributed by atoms with van der Waals surface area (Å²) < 4.78 is 23.4. The van der Waals surface area contributed by atoms with E-state index < -0.39 is 24.7 Å². The summed E-state index contributed by atoms with van der Waals surface area (Å²) in [5.41, 5.74) is 0. The van der Waals surface area contributed by atoms with Crippen molar-refractivity contribution < 1.29 is 13.3 Å². The number of nitro groups is 1. The molecular weight excluding hydrogens is 272 g/mol. The zero-order chi connectivity index (χ0) is 13.2. The number of rotatable bonds is 5. The van der Waals surface area contributed by atoms with E-state index in [1.165, 1.54) is 4.68 Å². The highest BCUT2D eigenvalue weighted by molar-refractivity contribution is 8.13. The standard InChI is InChI=1S/C7H11ClN4O4S/c1-10(2)3-4-11-5-6(17(8,15)16)7(9-11)12(13)14/h5H,3-4H2,1-2H3. The van der Waals surface area contributed by atoms with E-state index in [4.69, 9.17) is 10.7 Å². The Morgan fingerprint density at radius 1 is 1.59 bits per heavy atom. The van der Waals surface area contributed by atoms with Crippen LogP contribution in [0.4, 0.5) is 5.82 Å². The minimum absolute atomic E-state index is 0.334. The van der Waals surface area contributed by atoms with Gasteiger partial charge in [0.15, 0.2) is 0 Å². The Hall–Kier alpha value is -1.19. The van der Waals surface area contributed by atoms with Crippen LogP contribution in [0.2, 0.25) is 0 Å². The van der Waals surface area contributed by atoms with E-state index in [-0.39, 0.29) is 0 Å². The first-order valence-corrected chi connectivity index (χ1v) is 6.84. The number of aromatic nitrogens is 2. The maximum Gasteiger partial charge on any atom is 0.410 e. The zero-order valence-electron chi connectivity index (χ0n) is 9.20. The molecule has 0 aliphatic rings. The van der Waals surface area contributed by atoms with Crippen LogP contribution in [-0.2, 0) is 15.6 Å². The molecule has 10 heteroatoms. The molecule has 1 aromatic heterocycles. The van der Waals surface area contributed by atoms with Crippen molar-refractivity contribution in [1.29, 1.82) is 0 Å². The van der Waals surface area contributed by atoms with Crippen molar-refractivity contribution in [2.75, 3.05) is 20.6 Å². The van der Waals surface area contributed by atoms with E-state index in [1.54, 1.807) is 0 Å². The van der Waals surface area contributed by atoms with Crippen LogP contribution in [-0.4, -0.2) is 48.7 Å². The van der Waals surface area contributed by atoms with Gasteiger partial charge in [-0.3, -0.25) is 0 Å². The number of halogens is 1. The Morgan fingerprint density at radius 2 is 2.18 bits per heavy atom. The third-order valence-corrected chi connectivity index (χ3v) is 3.23. The van der Waals surface area contributed by atoms with Crippen molar-refractivity contribution in [3.8, 4) is 0 Å². The Balaban J connectivity index is 3.09. The van der Waals surface area contributed by atoms with Gasteiger partial charge in [-0.05, 0) is 19.0 Å². The van der Waals surface area contributed by atoms with Gasteiger partial charge in [0.1, 0.15) is 0 Å². The lowest BCUT2D eigenvalue weighted by Gasteiger charge is -2.06.